The number of amides is 1. The highest BCUT2D eigenvalue weighted by atomic mass is 79.9. The van der Waals surface area contributed by atoms with E-state index in [1.165, 1.54) is 14.3 Å². The second-order valence-corrected chi connectivity index (χ2v) is 7.74. The minimum atomic E-state index is -0.0428. The molecule has 2 heterocycles. The van der Waals surface area contributed by atoms with Crippen LogP contribution < -0.4 is 5.32 Å². The summed E-state index contributed by atoms with van der Waals surface area (Å²) in [7, 11) is 0. The Morgan fingerprint density at radius 2 is 1.95 bits per heavy atom. The molecule has 1 amide bonds. The van der Waals surface area contributed by atoms with Gasteiger partial charge in [-0.3, -0.25) is 4.79 Å². The van der Waals surface area contributed by atoms with Crippen molar-refractivity contribution in [1.82, 2.24) is 0 Å². The van der Waals surface area contributed by atoms with Crippen molar-refractivity contribution in [2.24, 2.45) is 0 Å². The van der Waals surface area contributed by atoms with Crippen molar-refractivity contribution in [3.05, 3.63) is 50.6 Å². The molecule has 2 nitrogen and oxygen atoms in total. The van der Waals surface area contributed by atoms with E-state index in [4.69, 9.17) is 0 Å². The number of carbonyl (C=O) groups is 1. The summed E-state index contributed by atoms with van der Waals surface area (Å²) in [6.07, 6.45) is 1.05. The topological polar surface area (TPSA) is 29.1 Å². The number of halogens is 1. The van der Waals surface area contributed by atoms with E-state index in [0.29, 0.717) is 0 Å². The second-order valence-electron chi connectivity index (χ2n) is 4.38. The van der Waals surface area contributed by atoms with Crippen molar-refractivity contribution in [3.8, 4) is 0 Å². The van der Waals surface area contributed by atoms with Crippen molar-refractivity contribution in [2.45, 2.75) is 13.3 Å². The van der Waals surface area contributed by atoms with Crippen LogP contribution in [0.2, 0.25) is 0 Å². The van der Waals surface area contributed by atoms with Crippen molar-refractivity contribution in [1.29, 1.82) is 0 Å². The summed E-state index contributed by atoms with van der Waals surface area (Å²) in [6.45, 7) is 2.15. The highest BCUT2D eigenvalue weighted by Gasteiger charge is 2.12. The molecule has 0 aliphatic rings. The summed E-state index contributed by atoms with van der Waals surface area (Å²) in [5.74, 6) is -0.0428. The fraction of sp³-hybridized carbons (Fsp3) is 0.133. The monoisotopic (exact) mass is 365 g/mol. The molecule has 1 aromatic carbocycles. The number of anilines is 1. The van der Waals surface area contributed by atoms with Crippen LogP contribution in [0.3, 0.4) is 0 Å². The molecular weight excluding hydrogens is 354 g/mol. The normalized spacial score (nSPS) is 10.9. The molecule has 3 rings (SSSR count). The van der Waals surface area contributed by atoms with Gasteiger partial charge in [-0.1, -0.05) is 22.9 Å². The van der Waals surface area contributed by atoms with Gasteiger partial charge in [0.2, 0.25) is 0 Å². The molecule has 0 aliphatic carbocycles. The van der Waals surface area contributed by atoms with E-state index >= 15 is 0 Å². The lowest BCUT2D eigenvalue weighted by Crippen LogP contribution is -2.09. The number of hydrogen-bond donors (Lipinski definition) is 1. The number of fused-ring (bicyclic) bond motifs is 1. The maximum Gasteiger partial charge on any atom is 0.265 e. The predicted molar refractivity (Wildman–Crippen MR) is 91.2 cm³/mol. The van der Waals surface area contributed by atoms with Crippen LogP contribution in [0.25, 0.3) is 9.40 Å². The maximum absolute atomic E-state index is 12.2. The molecule has 0 bridgehead atoms. The van der Waals surface area contributed by atoms with Gasteiger partial charge in [0, 0.05) is 20.4 Å². The molecule has 5 heteroatoms. The van der Waals surface area contributed by atoms with Gasteiger partial charge >= 0.3 is 0 Å². The molecule has 0 aliphatic heterocycles. The molecule has 3 aromatic rings. The first-order chi connectivity index (χ1) is 9.65. The highest BCUT2D eigenvalue weighted by molar-refractivity contribution is 9.10. The van der Waals surface area contributed by atoms with Gasteiger partial charge in [0.25, 0.3) is 5.91 Å². The van der Waals surface area contributed by atoms with Gasteiger partial charge in [-0.05, 0) is 42.8 Å². The smallest absolute Gasteiger partial charge is 0.265 e. The Labute approximate surface area is 133 Å². The second kappa shape index (κ2) is 5.68. The third-order valence-electron chi connectivity index (χ3n) is 2.94. The molecule has 0 unspecified atom stereocenters. The number of hydrogen-bond acceptors (Lipinski definition) is 3. The van der Waals surface area contributed by atoms with Crippen LogP contribution in [-0.4, -0.2) is 5.91 Å². The van der Waals surface area contributed by atoms with E-state index in [9.17, 15) is 4.79 Å². The molecule has 1 N–H and O–H groups in total. The van der Waals surface area contributed by atoms with Gasteiger partial charge in [0.05, 0.1) is 8.89 Å². The van der Waals surface area contributed by atoms with E-state index in [2.05, 4.69) is 34.2 Å². The molecular formula is C15H12BrNOS2. The molecule has 20 heavy (non-hydrogen) atoms. The Balaban J connectivity index is 1.81. The Kier molecular flexibility index (Phi) is 3.92. The van der Waals surface area contributed by atoms with Crippen molar-refractivity contribution in [3.63, 3.8) is 0 Å². The lowest BCUT2D eigenvalue weighted by atomic mass is 10.3. The number of aryl methyl sites for hydroxylation is 1. The molecule has 2 aromatic heterocycles. The zero-order valence-electron chi connectivity index (χ0n) is 10.8. The van der Waals surface area contributed by atoms with Gasteiger partial charge in [0.1, 0.15) is 0 Å². The molecule has 0 saturated carbocycles. The van der Waals surface area contributed by atoms with E-state index in [1.807, 2.05) is 30.3 Å². The average molecular weight is 366 g/mol. The van der Waals surface area contributed by atoms with Crippen LogP contribution in [-0.2, 0) is 6.42 Å². The first-order valence-corrected chi connectivity index (χ1v) is 8.67. The predicted octanol–water partition coefficient (Wildman–Crippen LogP) is 5.54. The molecule has 0 saturated heterocycles. The summed E-state index contributed by atoms with van der Waals surface area (Å²) in [6, 6.07) is 11.7. The lowest BCUT2D eigenvalue weighted by molar-refractivity contribution is 0.103. The average Bonchev–Trinajstić information content (AvgIpc) is 2.99. The van der Waals surface area contributed by atoms with Crippen molar-refractivity contribution >= 4 is 59.6 Å². The quantitative estimate of drug-likeness (QED) is 0.648. The van der Waals surface area contributed by atoms with Gasteiger partial charge in [-0.25, -0.2) is 0 Å². The number of thiophene rings is 2. The van der Waals surface area contributed by atoms with Crippen LogP contribution in [0, 0.1) is 0 Å². The zero-order valence-corrected chi connectivity index (χ0v) is 14.0. The van der Waals surface area contributed by atoms with Crippen molar-refractivity contribution in [2.75, 3.05) is 5.32 Å². The fourth-order valence-electron chi connectivity index (χ4n) is 1.90. The summed E-state index contributed by atoms with van der Waals surface area (Å²) >= 11 is 6.72. The standard InChI is InChI=1S/C15H12BrNOS2/c1-2-12-7-9-8-13(20-15(9)19-12)14(18)17-11-5-3-10(16)4-6-11/h3-8H,2H2,1H3,(H,17,18). The zero-order chi connectivity index (χ0) is 14.1. The summed E-state index contributed by atoms with van der Waals surface area (Å²) in [5.41, 5.74) is 0.809. The van der Waals surface area contributed by atoms with Crippen LogP contribution in [0.5, 0.6) is 0 Å². The fourth-order valence-corrected chi connectivity index (χ4v) is 4.49. The van der Waals surface area contributed by atoms with E-state index in [-0.39, 0.29) is 5.91 Å². The summed E-state index contributed by atoms with van der Waals surface area (Å²) in [5, 5.41) is 4.10. The first-order valence-electron chi connectivity index (χ1n) is 6.25. The third kappa shape index (κ3) is 2.80. The Morgan fingerprint density at radius 1 is 1.20 bits per heavy atom. The van der Waals surface area contributed by atoms with Crippen LogP contribution in [0.15, 0.2) is 40.9 Å². The SMILES string of the molecule is CCc1cc2cc(C(=O)Nc3ccc(Br)cc3)sc2s1. The van der Waals surface area contributed by atoms with Crippen molar-refractivity contribution < 1.29 is 4.79 Å². The highest BCUT2D eigenvalue weighted by Crippen LogP contribution is 2.34. The largest absolute Gasteiger partial charge is 0.321 e. The van der Waals surface area contributed by atoms with Crippen LogP contribution in [0.4, 0.5) is 5.69 Å². The summed E-state index contributed by atoms with van der Waals surface area (Å²) in [4.78, 5) is 14.3. The molecule has 0 atom stereocenters. The Bertz CT molecular complexity index is 726. The molecule has 0 spiro atoms. The van der Waals surface area contributed by atoms with Gasteiger partial charge < -0.3 is 5.32 Å². The first kappa shape index (κ1) is 13.8. The van der Waals surface area contributed by atoms with Gasteiger partial charge in [0.15, 0.2) is 0 Å². The maximum atomic E-state index is 12.2. The number of benzene rings is 1. The molecule has 102 valence electrons. The van der Waals surface area contributed by atoms with Crippen LogP contribution in [0.1, 0.15) is 21.5 Å². The van der Waals surface area contributed by atoms with E-state index in [1.54, 1.807) is 22.7 Å². The van der Waals surface area contributed by atoms with Crippen LogP contribution >= 0.6 is 38.6 Å². The molecule has 0 radical (unpaired) electrons. The van der Waals surface area contributed by atoms with Gasteiger partial charge in [-0.15, -0.1) is 22.7 Å². The number of nitrogens with one attached hydrogen (secondary N) is 1. The van der Waals surface area contributed by atoms with E-state index in [0.717, 1.165) is 21.5 Å². The third-order valence-corrected chi connectivity index (χ3v) is 6.00. The molecule has 0 fully saturated rings. The number of carbonyl (C=O) groups excluding carboxylic acids is 1. The minimum absolute atomic E-state index is 0.0428. The van der Waals surface area contributed by atoms with E-state index < -0.39 is 0 Å². The minimum Gasteiger partial charge on any atom is -0.321 e. The number of rotatable bonds is 3. The lowest BCUT2D eigenvalue weighted by Gasteiger charge is -2.03. The summed E-state index contributed by atoms with van der Waals surface area (Å²) < 4.78 is 2.22. The van der Waals surface area contributed by atoms with Gasteiger partial charge in [-0.2, -0.15) is 0 Å². The Morgan fingerprint density at radius 3 is 2.60 bits per heavy atom. The Hall–Kier alpha value is -1.17.